The van der Waals surface area contributed by atoms with Crippen molar-refractivity contribution in [1.29, 1.82) is 0 Å². The summed E-state index contributed by atoms with van der Waals surface area (Å²) >= 11 is 13.2. The van der Waals surface area contributed by atoms with Crippen molar-refractivity contribution in [2.75, 3.05) is 10.6 Å². The van der Waals surface area contributed by atoms with Gasteiger partial charge in [0.1, 0.15) is 0 Å². The number of aromatic nitrogens is 1. The van der Waals surface area contributed by atoms with Crippen molar-refractivity contribution in [1.82, 2.24) is 4.98 Å². The van der Waals surface area contributed by atoms with Gasteiger partial charge in [-0.15, -0.1) is 11.3 Å². The van der Waals surface area contributed by atoms with Gasteiger partial charge >= 0.3 is 6.03 Å². The monoisotopic (exact) mass is 391 g/mol. The molecule has 2 N–H and O–H groups in total. The first-order valence-corrected chi connectivity index (χ1v) is 9.07. The maximum atomic E-state index is 12.1. The summed E-state index contributed by atoms with van der Waals surface area (Å²) in [5.41, 5.74) is 3.64. The van der Waals surface area contributed by atoms with Gasteiger partial charge in [-0.2, -0.15) is 0 Å². The summed E-state index contributed by atoms with van der Waals surface area (Å²) in [6.07, 6.45) is 0. The first-order chi connectivity index (χ1) is 11.9. The van der Waals surface area contributed by atoms with Crippen molar-refractivity contribution in [3.05, 3.63) is 63.0 Å². The van der Waals surface area contributed by atoms with Gasteiger partial charge in [0.15, 0.2) is 5.13 Å². The molecule has 0 aliphatic carbocycles. The van der Waals surface area contributed by atoms with E-state index in [0.29, 0.717) is 20.9 Å². The topological polar surface area (TPSA) is 54.0 Å². The molecule has 0 radical (unpaired) electrons. The van der Waals surface area contributed by atoms with Crippen LogP contribution in [0.15, 0.2) is 42.5 Å². The minimum absolute atomic E-state index is 0.381. The molecular formula is C18H15Cl2N3OS. The lowest BCUT2D eigenvalue weighted by atomic mass is 10.1. The fourth-order valence-electron chi connectivity index (χ4n) is 2.26. The summed E-state index contributed by atoms with van der Waals surface area (Å²) in [6, 6.07) is 12.6. The van der Waals surface area contributed by atoms with Crippen molar-refractivity contribution in [2.24, 2.45) is 0 Å². The summed E-state index contributed by atoms with van der Waals surface area (Å²) < 4.78 is 0. The Bertz CT molecular complexity index is 923. The molecule has 1 heterocycles. The number of halogens is 2. The van der Waals surface area contributed by atoms with Gasteiger partial charge in [0, 0.05) is 16.1 Å². The number of thiazole rings is 1. The predicted molar refractivity (Wildman–Crippen MR) is 106 cm³/mol. The number of hydrogen-bond acceptors (Lipinski definition) is 3. The van der Waals surface area contributed by atoms with Crippen LogP contribution in [0.2, 0.25) is 10.0 Å². The highest BCUT2D eigenvalue weighted by Gasteiger charge is 2.12. The van der Waals surface area contributed by atoms with Crippen molar-refractivity contribution in [2.45, 2.75) is 13.8 Å². The minimum atomic E-state index is -0.386. The molecule has 0 spiro atoms. The van der Waals surface area contributed by atoms with E-state index in [0.717, 1.165) is 16.1 Å². The van der Waals surface area contributed by atoms with Crippen molar-refractivity contribution in [3.63, 3.8) is 0 Å². The van der Waals surface area contributed by atoms with Crippen LogP contribution < -0.4 is 10.6 Å². The van der Waals surface area contributed by atoms with Crippen LogP contribution in [-0.4, -0.2) is 11.0 Å². The molecule has 25 heavy (non-hydrogen) atoms. The number of carbonyl (C=O) groups excluding carboxylic acids is 1. The maximum absolute atomic E-state index is 12.1. The molecule has 3 rings (SSSR count). The Kier molecular flexibility index (Phi) is 5.27. The zero-order chi connectivity index (χ0) is 18.0. The second-order valence-electron chi connectivity index (χ2n) is 5.50. The normalized spacial score (nSPS) is 10.6. The Labute approximate surface area is 159 Å². The van der Waals surface area contributed by atoms with Crippen LogP contribution in [0.5, 0.6) is 0 Å². The van der Waals surface area contributed by atoms with Gasteiger partial charge in [-0.25, -0.2) is 9.78 Å². The Balaban J connectivity index is 1.72. The molecule has 2 amide bonds. The fraction of sp³-hybridized carbons (Fsp3) is 0.111. The predicted octanol–water partition coefficient (Wildman–Crippen LogP) is 6.38. The second kappa shape index (κ2) is 7.44. The molecular weight excluding hydrogens is 377 g/mol. The second-order valence-corrected chi connectivity index (χ2v) is 7.52. The largest absolute Gasteiger partial charge is 0.325 e. The SMILES string of the molecule is Cc1ccc(-c2nc(NC(=O)Nc3ccc(Cl)c(Cl)c3)sc2C)cc1. The van der Waals surface area contributed by atoms with Gasteiger partial charge in [-0.05, 0) is 32.0 Å². The lowest BCUT2D eigenvalue weighted by Gasteiger charge is -2.06. The molecule has 7 heteroatoms. The smallest absolute Gasteiger partial charge is 0.308 e. The first kappa shape index (κ1) is 17.7. The number of urea groups is 1. The van der Waals surface area contributed by atoms with Crippen molar-refractivity contribution in [3.8, 4) is 11.3 Å². The molecule has 4 nitrogen and oxygen atoms in total. The van der Waals surface area contributed by atoms with E-state index in [-0.39, 0.29) is 6.03 Å². The number of nitrogens with one attached hydrogen (secondary N) is 2. The molecule has 0 unspecified atom stereocenters. The van der Waals surface area contributed by atoms with Gasteiger partial charge in [0.05, 0.1) is 15.7 Å². The molecule has 0 saturated carbocycles. The molecule has 0 bridgehead atoms. The van der Waals surface area contributed by atoms with Crippen molar-refractivity contribution >= 4 is 51.4 Å². The van der Waals surface area contributed by atoms with E-state index in [1.807, 2.05) is 38.1 Å². The third-order valence-electron chi connectivity index (χ3n) is 3.52. The standard InChI is InChI=1S/C18H15Cl2N3OS/c1-10-3-5-12(6-4-10)16-11(2)25-18(22-16)23-17(24)21-13-7-8-14(19)15(20)9-13/h3-9H,1-2H3,(H2,21,22,23,24). The van der Waals surface area contributed by atoms with Crippen LogP contribution in [0.25, 0.3) is 11.3 Å². The Morgan fingerprint density at radius 3 is 2.40 bits per heavy atom. The van der Waals surface area contributed by atoms with E-state index >= 15 is 0 Å². The zero-order valence-electron chi connectivity index (χ0n) is 13.6. The van der Waals surface area contributed by atoms with E-state index in [2.05, 4.69) is 15.6 Å². The quantitative estimate of drug-likeness (QED) is 0.544. The van der Waals surface area contributed by atoms with Gasteiger partial charge < -0.3 is 5.32 Å². The molecule has 128 valence electrons. The number of carbonyl (C=O) groups is 1. The minimum Gasteiger partial charge on any atom is -0.308 e. The van der Waals surface area contributed by atoms with Crippen molar-refractivity contribution < 1.29 is 4.79 Å². The Morgan fingerprint density at radius 2 is 1.72 bits per heavy atom. The van der Waals surface area contributed by atoms with Crippen LogP contribution in [0.1, 0.15) is 10.4 Å². The maximum Gasteiger partial charge on any atom is 0.325 e. The molecule has 0 fully saturated rings. The van der Waals surface area contributed by atoms with Crippen LogP contribution in [0.4, 0.5) is 15.6 Å². The average Bonchev–Trinajstić information content (AvgIpc) is 2.92. The summed E-state index contributed by atoms with van der Waals surface area (Å²) in [5, 5.41) is 6.81. The number of anilines is 2. The number of aryl methyl sites for hydroxylation is 2. The van der Waals surface area contributed by atoms with E-state index in [1.165, 1.54) is 16.9 Å². The molecule has 0 saturated heterocycles. The summed E-state index contributed by atoms with van der Waals surface area (Å²) in [7, 11) is 0. The lowest BCUT2D eigenvalue weighted by Crippen LogP contribution is -2.19. The number of benzene rings is 2. The van der Waals surface area contributed by atoms with Crippen LogP contribution in [-0.2, 0) is 0 Å². The summed E-state index contributed by atoms with van der Waals surface area (Å²) in [4.78, 5) is 17.7. The van der Waals surface area contributed by atoms with Crippen LogP contribution in [0, 0.1) is 13.8 Å². The van der Waals surface area contributed by atoms with E-state index in [1.54, 1.807) is 18.2 Å². The number of amides is 2. The zero-order valence-corrected chi connectivity index (χ0v) is 15.9. The highest BCUT2D eigenvalue weighted by atomic mass is 35.5. The molecule has 0 aliphatic heterocycles. The fourth-order valence-corrected chi connectivity index (χ4v) is 3.39. The number of nitrogens with zero attached hydrogens (tertiary/aromatic N) is 1. The third-order valence-corrected chi connectivity index (χ3v) is 5.14. The molecule has 0 aliphatic rings. The van der Waals surface area contributed by atoms with E-state index in [9.17, 15) is 4.79 Å². The molecule has 1 aromatic heterocycles. The first-order valence-electron chi connectivity index (χ1n) is 7.50. The van der Waals surface area contributed by atoms with Crippen LogP contribution in [0.3, 0.4) is 0 Å². The number of hydrogen-bond donors (Lipinski definition) is 2. The van der Waals surface area contributed by atoms with Gasteiger partial charge in [0.2, 0.25) is 0 Å². The highest BCUT2D eigenvalue weighted by molar-refractivity contribution is 7.16. The third kappa shape index (κ3) is 4.31. The van der Waals surface area contributed by atoms with Gasteiger partial charge in [-0.3, -0.25) is 5.32 Å². The molecule has 0 atom stereocenters. The van der Waals surface area contributed by atoms with E-state index < -0.39 is 0 Å². The van der Waals surface area contributed by atoms with E-state index in [4.69, 9.17) is 23.2 Å². The Morgan fingerprint density at radius 1 is 1.00 bits per heavy atom. The summed E-state index contributed by atoms with van der Waals surface area (Å²) in [5.74, 6) is 0. The van der Waals surface area contributed by atoms with Crippen LogP contribution >= 0.6 is 34.5 Å². The van der Waals surface area contributed by atoms with Gasteiger partial charge in [0.25, 0.3) is 0 Å². The number of rotatable bonds is 3. The summed E-state index contributed by atoms with van der Waals surface area (Å²) in [6.45, 7) is 4.02. The van der Waals surface area contributed by atoms with Gasteiger partial charge in [-0.1, -0.05) is 53.0 Å². The lowest BCUT2D eigenvalue weighted by molar-refractivity contribution is 0.262. The Hall–Kier alpha value is -2.08. The molecule has 2 aromatic carbocycles. The highest BCUT2D eigenvalue weighted by Crippen LogP contribution is 2.31. The average molecular weight is 392 g/mol. The molecule has 3 aromatic rings.